The summed E-state index contributed by atoms with van der Waals surface area (Å²) >= 11 is 0. The second-order valence-electron chi connectivity index (χ2n) is 28.1. The Morgan fingerprint density at radius 3 is 0.608 bits per heavy atom. The van der Waals surface area contributed by atoms with Crippen molar-refractivity contribution < 1.29 is 80.2 Å². The molecule has 576 valence electrons. The molecule has 0 aliphatic heterocycles. The Morgan fingerprint density at radius 1 is 0.247 bits per heavy atom. The van der Waals surface area contributed by atoms with Crippen LogP contribution in [0.2, 0.25) is 0 Å². The molecule has 0 saturated carbocycles. The van der Waals surface area contributed by atoms with Crippen molar-refractivity contribution >= 4 is 39.5 Å². The van der Waals surface area contributed by atoms with Crippen molar-refractivity contribution in [3.05, 3.63) is 0 Å². The second kappa shape index (κ2) is 72.4. The molecule has 0 heterocycles. The zero-order valence-corrected chi connectivity index (χ0v) is 64.8. The van der Waals surface area contributed by atoms with Crippen molar-refractivity contribution in [2.75, 3.05) is 39.6 Å². The van der Waals surface area contributed by atoms with Crippen molar-refractivity contribution in [2.45, 2.75) is 438 Å². The van der Waals surface area contributed by atoms with Gasteiger partial charge in [0.2, 0.25) is 0 Å². The molecule has 17 nitrogen and oxygen atoms in total. The maximum absolute atomic E-state index is 13.1. The standard InChI is InChI=1S/C78H152O17P2/c1-5-9-13-17-21-24-26-28-30-32-34-36-38-40-42-44-46-49-53-57-61-65-78(83)95-74(69-89-76(81)63-59-55-51-48-45-43-41-39-37-35-33-31-29-27-25-22-18-14-10-6-2)71-93-97(86,87)91-67-72(79)66-90-96(84,85)92-70-73(68-88-75(80)62-58-54-50-20-16-12-8-4)94-77(82)64-60-56-52-47-23-19-15-11-7-3/h72-74,79H,5-71H2,1-4H3,(H,84,85)(H,86,87)/t72-,73+,74+/m0/s1. The van der Waals surface area contributed by atoms with Crippen LogP contribution in [0.15, 0.2) is 0 Å². The van der Waals surface area contributed by atoms with Gasteiger partial charge in [0.05, 0.1) is 26.4 Å². The fourth-order valence-corrected chi connectivity index (χ4v) is 13.7. The summed E-state index contributed by atoms with van der Waals surface area (Å²) in [6, 6.07) is 0. The average molecular weight is 1420 g/mol. The van der Waals surface area contributed by atoms with Gasteiger partial charge < -0.3 is 33.8 Å². The Balaban J connectivity index is 5.12. The van der Waals surface area contributed by atoms with E-state index in [1.807, 2.05) is 0 Å². The Kier molecular flexibility index (Phi) is 71.0. The molecule has 19 heteroatoms. The molecule has 2 unspecified atom stereocenters. The Labute approximate surface area is 594 Å². The number of aliphatic hydroxyl groups excluding tert-OH is 1. The lowest BCUT2D eigenvalue weighted by Crippen LogP contribution is -2.30. The molecule has 0 aliphatic rings. The average Bonchev–Trinajstić information content (AvgIpc) is 1.26. The van der Waals surface area contributed by atoms with Crippen molar-refractivity contribution in [3.63, 3.8) is 0 Å². The van der Waals surface area contributed by atoms with Gasteiger partial charge in [-0.2, -0.15) is 0 Å². The predicted octanol–water partition coefficient (Wildman–Crippen LogP) is 23.4. The molecule has 0 bridgehead atoms. The zero-order valence-electron chi connectivity index (χ0n) is 63.1. The van der Waals surface area contributed by atoms with E-state index in [2.05, 4.69) is 27.7 Å². The van der Waals surface area contributed by atoms with Gasteiger partial charge in [-0.1, -0.05) is 368 Å². The summed E-state index contributed by atoms with van der Waals surface area (Å²) in [5, 5.41) is 10.6. The summed E-state index contributed by atoms with van der Waals surface area (Å²) in [4.78, 5) is 72.6. The van der Waals surface area contributed by atoms with Gasteiger partial charge in [0.25, 0.3) is 0 Å². The maximum Gasteiger partial charge on any atom is 0.472 e. The molecular formula is C78H152O17P2. The van der Waals surface area contributed by atoms with Crippen molar-refractivity contribution in [2.24, 2.45) is 0 Å². The van der Waals surface area contributed by atoms with Crippen LogP contribution in [0.25, 0.3) is 0 Å². The van der Waals surface area contributed by atoms with Crippen molar-refractivity contribution in [1.82, 2.24) is 0 Å². The van der Waals surface area contributed by atoms with Crippen molar-refractivity contribution in [1.29, 1.82) is 0 Å². The van der Waals surface area contributed by atoms with Crippen LogP contribution in [0.4, 0.5) is 0 Å². The fraction of sp³-hybridized carbons (Fsp3) is 0.949. The van der Waals surface area contributed by atoms with Crippen LogP contribution < -0.4 is 0 Å². The molecular weight excluding hydrogens is 1270 g/mol. The molecule has 97 heavy (non-hydrogen) atoms. The highest BCUT2D eigenvalue weighted by molar-refractivity contribution is 7.47. The van der Waals surface area contributed by atoms with E-state index >= 15 is 0 Å². The summed E-state index contributed by atoms with van der Waals surface area (Å²) in [5.74, 6) is -2.12. The van der Waals surface area contributed by atoms with E-state index in [1.165, 1.54) is 238 Å². The lowest BCUT2D eigenvalue weighted by atomic mass is 10.0. The summed E-state index contributed by atoms with van der Waals surface area (Å²) < 4.78 is 68.4. The van der Waals surface area contributed by atoms with Crippen LogP contribution in [-0.2, 0) is 65.4 Å². The van der Waals surface area contributed by atoms with Crippen LogP contribution in [0, 0.1) is 0 Å². The van der Waals surface area contributed by atoms with E-state index in [0.29, 0.717) is 25.7 Å². The molecule has 0 radical (unpaired) electrons. The smallest absolute Gasteiger partial charge is 0.462 e. The van der Waals surface area contributed by atoms with E-state index in [1.54, 1.807) is 0 Å². The zero-order chi connectivity index (χ0) is 71.1. The Hall–Kier alpha value is -1.94. The highest BCUT2D eigenvalue weighted by Crippen LogP contribution is 2.45. The fourth-order valence-electron chi connectivity index (χ4n) is 12.1. The first-order valence-electron chi connectivity index (χ1n) is 40.8. The number of unbranched alkanes of at least 4 members (excludes halogenated alkanes) is 53. The number of hydrogen-bond acceptors (Lipinski definition) is 15. The quantitative estimate of drug-likeness (QED) is 0.0222. The number of phosphoric acid groups is 2. The third kappa shape index (κ3) is 72.2. The largest absolute Gasteiger partial charge is 0.472 e. The topological polar surface area (TPSA) is 237 Å². The number of rotatable bonds is 79. The first-order valence-corrected chi connectivity index (χ1v) is 43.8. The van der Waals surface area contributed by atoms with E-state index in [9.17, 15) is 43.2 Å². The van der Waals surface area contributed by atoms with E-state index in [-0.39, 0.29) is 25.7 Å². The summed E-state index contributed by atoms with van der Waals surface area (Å²) in [6.45, 7) is 4.93. The maximum atomic E-state index is 13.1. The van der Waals surface area contributed by atoms with Crippen LogP contribution in [0.1, 0.15) is 419 Å². The molecule has 0 saturated heterocycles. The molecule has 0 rings (SSSR count). The minimum absolute atomic E-state index is 0.106. The third-order valence-electron chi connectivity index (χ3n) is 18.4. The lowest BCUT2D eigenvalue weighted by Gasteiger charge is -2.21. The number of hydrogen-bond donors (Lipinski definition) is 3. The Morgan fingerprint density at radius 2 is 0.412 bits per heavy atom. The van der Waals surface area contributed by atoms with E-state index in [0.717, 1.165) is 103 Å². The summed E-state index contributed by atoms with van der Waals surface area (Å²) in [5.41, 5.74) is 0. The van der Waals surface area contributed by atoms with Gasteiger partial charge in [-0.25, -0.2) is 9.13 Å². The van der Waals surface area contributed by atoms with Crippen LogP contribution in [-0.4, -0.2) is 96.7 Å². The first kappa shape index (κ1) is 95.1. The first-order chi connectivity index (χ1) is 47.2. The molecule has 0 aromatic heterocycles. The SMILES string of the molecule is CCCCCCCCCCCCCCCCCCCCCCCC(=O)O[C@H](COC(=O)CCCCCCCCCCCCCCCCCCCCCC)COP(=O)(O)OC[C@@H](O)COP(=O)(O)OC[C@@H](COC(=O)CCCCCCCCC)OC(=O)CCCCCCCCCCC. The highest BCUT2D eigenvalue weighted by Gasteiger charge is 2.30. The summed E-state index contributed by atoms with van der Waals surface area (Å²) in [6.07, 6.45) is 64.3. The monoisotopic (exact) mass is 1420 g/mol. The molecule has 5 atom stereocenters. The van der Waals surface area contributed by atoms with Crippen LogP contribution in [0.3, 0.4) is 0 Å². The Bertz CT molecular complexity index is 1840. The van der Waals surface area contributed by atoms with Crippen molar-refractivity contribution in [3.8, 4) is 0 Å². The molecule has 0 aromatic rings. The van der Waals surface area contributed by atoms with Crippen LogP contribution >= 0.6 is 15.6 Å². The highest BCUT2D eigenvalue weighted by atomic mass is 31.2. The van der Waals surface area contributed by atoms with Gasteiger partial charge in [-0.05, 0) is 25.7 Å². The van der Waals surface area contributed by atoms with Gasteiger partial charge >= 0.3 is 39.5 Å². The molecule has 0 amide bonds. The number of carbonyl (C=O) groups excluding carboxylic acids is 4. The number of phosphoric ester groups is 2. The van der Waals surface area contributed by atoms with E-state index in [4.69, 9.17) is 37.0 Å². The van der Waals surface area contributed by atoms with Gasteiger partial charge in [0.15, 0.2) is 12.2 Å². The van der Waals surface area contributed by atoms with Gasteiger partial charge in [0, 0.05) is 25.7 Å². The molecule has 0 spiro atoms. The number of esters is 4. The second-order valence-corrected chi connectivity index (χ2v) is 31.0. The minimum Gasteiger partial charge on any atom is -0.462 e. The normalized spacial score (nSPS) is 13.8. The summed E-state index contributed by atoms with van der Waals surface area (Å²) in [7, 11) is -9.90. The molecule has 0 aromatic carbocycles. The van der Waals surface area contributed by atoms with Gasteiger partial charge in [0.1, 0.15) is 19.3 Å². The minimum atomic E-state index is -4.96. The molecule has 0 aliphatic carbocycles. The molecule has 0 fully saturated rings. The number of ether oxygens (including phenoxy) is 4. The van der Waals surface area contributed by atoms with E-state index < -0.39 is 97.5 Å². The number of aliphatic hydroxyl groups is 1. The van der Waals surface area contributed by atoms with Gasteiger partial charge in [-0.15, -0.1) is 0 Å². The van der Waals surface area contributed by atoms with Gasteiger partial charge in [-0.3, -0.25) is 37.3 Å². The lowest BCUT2D eigenvalue weighted by molar-refractivity contribution is -0.161. The van der Waals surface area contributed by atoms with Crippen LogP contribution in [0.5, 0.6) is 0 Å². The third-order valence-corrected chi connectivity index (χ3v) is 20.3. The molecule has 3 N–H and O–H groups in total. The number of carbonyl (C=O) groups is 4. The predicted molar refractivity (Wildman–Crippen MR) is 395 cm³/mol.